The van der Waals surface area contributed by atoms with Crippen molar-refractivity contribution in [2.75, 3.05) is 29.9 Å². The van der Waals surface area contributed by atoms with Crippen LogP contribution in [0.2, 0.25) is 0 Å². The summed E-state index contributed by atoms with van der Waals surface area (Å²) in [5.74, 6) is 1.07. The molecule has 0 atom stereocenters. The fourth-order valence-electron chi connectivity index (χ4n) is 3.86. The normalized spacial score (nSPS) is 18.1. The van der Waals surface area contributed by atoms with Crippen LogP contribution in [0.1, 0.15) is 30.9 Å². The Kier molecular flexibility index (Phi) is 4.35. The first-order valence-corrected chi connectivity index (χ1v) is 9.12. The molecular formula is C19H24N6O2. The van der Waals surface area contributed by atoms with E-state index < -0.39 is 0 Å². The molecule has 0 bridgehead atoms. The minimum absolute atomic E-state index is 0.0614. The van der Waals surface area contributed by atoms with Gasteiger partial charge in [0.1, 0.15) is 11.4 Å². The monoisotopic (exact) mass is 368 g/mol. The number of amides is 1. The van der Waals surface area contributed by atoms with Gasteiger partial charge in [-0.3, -0.25) is 9.69 Å². The molecule has 2 aliphatic heterocycles. The number of rotatable bonds is 3. The van der Waals surface area contributed by atoms with Crippen molar-refractivity contribution in [3.05, 3.63) is 35.4 Å². The third-order valence-corrected chi connectivity index (χ3v) is 5.28. The lowest BCUT2D eigenvalue weighted by Crippen LogP contribution is -2.47. The molecule has 2 aliphatic rings. The van der Waals surface area contributed by atoms with Crippen molar-refractivity contribution < 1.29 is 9.53 Å². The number of fused-ring (bicyclic) bond motifs is 1. The number of nitrogen functional groups attached to an aromatic ring is 2. The zero-order chi connectivity index (χ0) is 19.0. The maximum atomic E-state index is 11.1. The standard InChI is InChI=1S/C19H24N6O2/c1-12(26)22-14-4-2-13(3-5-14)11-25-8-6-19(7-9-25)10-15-16(20)23-18(21)24-17(15)27-19/h2-5H,6-11H2,1H3,(H,22,26)(H4,20,21,23,24). The Morgan fingerprint density at radius 3 is 2.59 bits per heavy atom. The van der Waals surface area contributed by atoms with Crippen LogP contribution in [0.4, 0.5) is 17.5 Å². The van der Waals surface area contributed by atoms with Gasteiger partial charge in [-0.1, -0.05) is 12.1 Å². The lowest BCUT2D eigenvalue weighted by molar-refractivity contribution is -0.114. The Morgan fingerprint density at radius 2 is 1.93 bits per heavy atom. The molecule has 8 heteroatoms. The minimum atomic E-state index is -0.245. The van der Waals surface area contributed by atoms with Crippen molar-refractivity contribution in [1.82, 2.24) is 14.9 Å². The van der Waals surface area contributed by atoms with E-state index in [2.05, 4.69) is 32.3 Å². The second-order valence-electron chi connectivity index (χ2n) is 7.37. The smallest absolute Gasteiger partial charge is 0.225 e. The van der Waals surface area contributed by atoms with Gasteiger partial charge >= 0.3 is 0 Å². The van der Waals surface area contributed by atoms with Crippen LogP contribution >= 0.6 is 0 Å². The number of carbonyl (C=O) groups excluding carboxylic acids is 1. The van der Waals surface area contributed by atoms with Crippen LogP contribution in [0.15, 0.2) is 24.3 Å². The van der Waals surface area contributed by atoms with Crippen molar-refractivity contribution in [2.24, 2.45) is 0 Å². The van der Waals surface area contributed by atoms with Gasteiger partial charge in [0.2, 0.25) is 17.7 Å². The number of piperidine rings is 1. The fraction of sp³-hybridized carbons (Fsp3) is 0.421. The third kappa shape index (κ3) is 3.66. The molecule has 1 saturated heterocycles. The summed E-state index contributed by atoms with van der Waals surface area (Å²) >= 11 is 0. The SMILES string of the molecule is CC(=O)Nc1ccc(CN2CCC3(CC2)Cc2c(N)nc(N)nc2O3)cc1. The van der Waals surface area contributed by atoms with E-state index in [0.717, 1.165) is 50.1 Å². The lowest BCUT2D eigenvalue weighted by Gasteiger charge is -2.38. The van der Waals surface area contributed by atoms with Crippen molar-refractivity contribution in [3.63, 3.8) is 0 Å². The first-order valence-electron chi connectivity index (χ1n) is 9.12. The molecule has 1 aromatic heterocycles. The average Bonchev–Trinajstić information content (AvgIpc) is 2.97. The van der Waals surface area contributed by atoms with Crippen LogP contribution in [-0.2, 0) is 17.8 Å². The van der Waals surface area contributed by atoms with Crippen molar-refractivity contribution in [2.45, 2.75) is 38.3 Å². The van der Waals surface area contributed by atoms with E-state index in [9.17, 15) is 4.79 Å². The Bertz CT molecular complexity index is 859. The van der Waals surface area contributed by atoms with Gasteiger partial charge in [0.15, 0.2) is 0 Å². The maximum Gasteiger partial charge on any atom is 0.225 e. The second kappa shape index (κ2) is 6.70. The number of ether oxygens (including phenoxy) is 1. The molecule has 1 amide bonds. The molecule has 27 heavy (non-hydrogen) atoms. The van der Waals surface area contributed by atoms with Crippen molar-refractivity contribution in [1.29, 1.82) is 0 Å². The predicted molar refractivity (Wildman–Crippen MR) is 103 cm³/mol. The van der Waals surface area contributed by atoms with E-state index in [1.807, 2.05) is 12.1 Å². The summed E-state index contributed by atoms with van der Waals surface area (Å²) in [6.45, 7) is 4.25. The summed E-state index contributed by atoms with van der Waals surface area (Å²) in [6, 6.07) is 7.97. The molecule has 0 saturated carbocycles. The summed E-state index contributed by atoms with van der Waals surface area (Å²) in [5, 5.41) is 2.79. The highest BCUT2D eigenvalue weighted by Gasteiger charge is 2.44. The summed E-state index contributed by atoms with van der Waals surface area (Å²) < 4.78 is 6.17. The van der Waals surface area contributed by atoms with E-state index in [1.165, 1.54) is 12.5 Å². The molecule has 1 spiro atoms. The number of hydrogen-bond donors (Lipinski definition) is 3. The van der Waals surface area contributed by atoms with E-state index in [0.29, 0.717) is 11.7 Å². The number of nitrogens with one attached hydrogen (secondary N) is 1. The van der Waals surface area contributed by atoms with Crippen LogP contribution in [0, 0.1) is 0 Å². The number of anilines is 3. The number of hydrogen-bond acceptors (Lipinski definition) is 7. The quantitative estimate of drug-likeness (QED) is 0.752. The van der Waals surface area contributed by atoms with Gasteiger partial charge in [0.05, 0.1) is 5.56 Å². The van der Waals surface area contributed by atoms with E-state index in [4.69, 9.17) is 16.2 Å². The Hall–Kier alpha value is -2.87. The highest BCUT2D eigenvalue weighted by Crippen LogP contribution is 2.42. The fourth-order valence-corrected chi connectivity index (χ4v) is 3.86. The van der Waals surface area contributed by atoms with Gasteiger partial charge in [0.25, 0.3) is 0 Å². The number of nitrogens with two attached hydrogens (primary N) is 2. The zero-order valence-corrected chi connectivity index (χ0v) is 15.4. The molecule has 142 valence electrons. The lowest BCUT2D eigenvalue weighted by atomic mass is 9.87. The van der Waals surface area contributed by atoms with Crippen LogP contribution in [0.3, 0.4) is 0 Å². The van der Waals surface area contributed by atoms with Gasteiger partial charge in [-0.25, -0.2) is 0 Å². The first kappa shape index (κ1) is 17.5. The van der Waals surface area contributed by atoms with Gasteiger partial charge in [-0.2, -0.15) is 9.97 Å². The van der Waals surface area contributed by atoms with Gasteiger partial charge < -0.3 is 21.5 Å². The van der Waals surface area contributed by atoms with E-state index in [1.54, 1.807) is 0 Å². The van der Waals surface area contributed by atoms with Crippen LogP contribution in [-0.4, -0.2) is 39.5 Å². The summed E-state index contributed by atoms with van der Waals surface area (Å²) in [7, 11) is 0. The van der Waals surface area contributed by atoms with Gasteiger partial charge in [0, 0.05) is 51.5 Å². The number of carbonyl (C=O) groups is 1. The first-order chi connectivity index (χ1) is 12.9. The molecule has 0 unspecified atom stereocenters. The Labute approximate surface area is 157 Å². The van der Waals surface area contributed by atoms with Crippen LogP contribution < -0.4 is 21.5 Å². The van der Waals surface area contributed by atoms with Crippen LogP contribution in [0.25, 0.3) is 0 Å². The molecular weight excluding hydrogens is 344 g/mol. The summed E-state index contributed by atoms with van der Waals surface area (Å²) in [4.78, 5) is 21.8. The Balaban J connectivity index is 1.36. The zero-order valence-electron chi connectivity index (χ0n) is 15.4. The van der Waals surface area contributed by atoms with E-state index in [-0.39, 0.29) is 17.5 Å². The second-order valence-corrected chi connectivity index (χ2v) is 7.37. The minimum Gasteiger partial charge on any atom is -0.470 e. The van der Waals surface area contributed by atoms with Gasteiger partial charge in [-0.15, -0.1) is 0 Å². The molecule has 8 nitrogen and oxygen atoms in total. The van der Waals surface area contributed by atoms with Crippen LogP contribution in [0.5, 0.6) is 5.88 Å². The van der Waals surface area contributed by atoms with Crippen molar-refractivity contribution >= 4 is 23.4 Å². The highest BCUT2D eigenvalue weighted by atomic mass is 16.5. The topological polar surface area (TPSA) is 119 Å². The number of benzene rings is 1. The van der Waals surface area contributed by atoms with E-state index >= 15 is 0 Å². The molecule has 1 fully saturated rings. The number of likely N-dealkylation sites (tertiary alicyclic amines) is 1. The maximum absolute atomic E-state index is 11.1. The molecule has 2 aromatic rings. The summed E-state index contributed by atoms with van der Waals surface area (Å²) in [5.41, 5.74) is 14.3. The largest absolute Gasteiger partial charge is 0.470 e. The molecule has 5 N–H and O–H groups in total. The number of aromatic nitrogens is 2. The average molecular weight is 368 g/mol. The predicted octanol–water partition coefficient (Wildman–Crippen LogP) is 1.57. The summed E-state index contributed by atoms with van der Waals surface area (Å²) in [6.07, 6.45) is 2.56. The highest BCUT2D eigenvalue weighted by molar-refractivity contribution is 5.88. The van der Waals surface area contributed by atoms with Gasteiger partial charge in [-0.05, 0) is 17.7 Å². The Morgan fingerprint density at radius 1 is 1.22 bits per heavy atom. The molecule has 4 rings (SSSR count). The molecule has 0 aliphatic carbocycles. The third-order valence-electron chi connectivity index (χ3n) is 5.28. The molecule has 1 aromatic carbocycles. The molecule has 0 radical (unpaired) electrons. The number of nitrogens with zero attached hydrogens (tertiary/aromatic N) is 3. The van der Waals surface area contributed by atoms with Crippen molar-refractivity contribution in [3.8, 4) is 5.88 Å². The molecule has 3 heterocycles.